The molecular weight excluding hydrogens is 720 g/mol. The number of aromatic nitrogens is 8. The van der Waals surface area contributed by atoms with E-state index in [1.54, 1.807) is 60.7 Å². The standard InChI is InChI=1S/C32H16N8O6S2.Cu/c41-47(42,43)21-13-5-11-19-23(21)32-38-28-18-10-4-2-8-16(18)26(34-28)36-30-20-12-6-14-22(48(44,45)46)24(20)31(40-30)37-27-17-9-3-1-7-15(17)25(33-27)35-29(19)39-32;/h1-14H,(H2-2,33,34,35,36,37,38,39,40,41,42,43,44,45,46);/q-2;+2. The molecule has 0 fully saturated rings. The van der Waals surface area contributed by atoms with Crippen LogP contribution in [0, 0.1) is 0 Å². The summed E-state index contributed by atoms with van der Waals surface area (Å²) in [5.41, 5.74) is 2.56. The van der Waals surface area contributed by atoms with Crippen LogP contribution in [-0.4, -0.2) is 55.8 Å². The number of benzene rings is 4. The van der Waals surface area contributed by atoms with E-state index in [1.807, 2.05) is 0 Å². The molecule has 3 aliphatic heterocycles. The van der Waals surface area contributed by atoms with Crippen LogP contribution in [-0.2, 0) is 37.3 Å². The molecule has 9 rings (SSSR count). The zero-order chi connectivity index (χ0) is 32.9. The first-order valence-electron chi connectivity index (χ1n) is 14.2. The van der Waals surface area contributed by atoms with Crippen molar-refractivity contribution in [2.75, 3.05) is 0 Å². The summed E-state index contributed by atoms with van der Waals surface area (Å²) < 4.78 is 70.5. The van der Waals surface area contributed by atoms with Gasteiger partial charge in [-0.2, -0.15) is 16.8 Å². The van der Waals surface area contributed by atoms with Crippen molar-refractivity contribution in [1.29, 1.82) is 0 Å². The molecule has 49 heavy (non-hydrogen) atoms. The van der Waals surface area contributed by atoms with Crippen LogP contribution < -0.4 is 9.97 Å². The van der Waals surface area contributed by atoms with Gasteiger partial charge in [-0.25, -0.2) is 24.9 Å². The van der Waals surface area contributed by atoms with E-state index in [9.17, 15) is 25.9 Å². The molecule has 0 aliphatic carbocycles. The van der Waals surface area contributed by atoms with Crippen LogP contribution in [0.4, 0.5) is 0 Å². The first-order chi connectivity index (χ1) is 23.0. The largest absolute Gasteiger partial charge is 2.00 e. The molecular formula is C32H16CuN8O6S2. The first-order valence-corrected chi connectivity index (χ1v) is 17.0. The Bertz CT molecular complexity index is 2870. The van der Waals surface area contributed by atoms with Gasteiger partial charge in [0, 0.05) is 33.5 Å². The van der Waals surface area contributed by atoms with Crippen molar-refractivity contribution < 1.29 is 43.0 Å². The van der Waals surface area contributed by atoms with Gasteiger partial charge in [-0.05, 0) is 28.6 Å². The van der Waals surface area contributed by atoms with Gasteiger partial charge >= 0.3 is 17.1 Å². The van der Waals surface area contributed by atoms with E-state index < -0.39 is 30.0 Å². The Labute approximate surface area is 287 Å². The molecule has 0 amide bonds. The van der Waals surface area contributed by atoms with Gasteiger partial charge in [0.15, 0.2) is 23.3 Å². The maximum absolute atomic E-state index is 12.5. The third-order valence-corrected chi connectivity index (χ3v) is 9.84. The quantitative estimate of drug-likeness (QED) is 0.184. The van der Waals surface area contributed by atoms with Crippen LogP contribution in [0.25, 0.3) is 90.4 Å². The Morgan fingerprint density at radius 3 is 1.63 bits per heavy atom. The van der Waals surface area contributed by atoms with Crippen LogP contribution in [0.1, 0.15) is 0 Å². The minimum Gasteiger partial charge on any atom is -0.523 e. The van der Waals surface area contributed by atoms with Gasteiger partial charge in [-0.1, -0.05) is 72.8 Å². The van der Waals surface area contributed by atoms with Crippen molar-refractivity contribution in [3.63, 3.8) is 0 Å². The van der Waals surface area contributed by atoms with Crippen molar-refractivity contribution in [3.8, 4) is 68.3 Å². The first kappa shape index (κ1) is 30.9. The number of nitrogens with zero attached hydrogens (tertiary/aromatic N) is 8. The number of hydrogen-bond donors (Lipinski definition) is 2. The zero-order valence-electron chi connectivity index (χ0n) is 24.3. The Kier molecular flexibility index (Phi) is 6.80. The molecule has 0 unspecified atom stereocenters. The summed E-state index contributed by atoms with van der Waals surface area (Å²) in [4.78, 5) is 36.5. The van der Waals surface area contributed by atoms with E-state index in [-0.39, 0.29) is 85.2 Å². The molecule has 0 saturated heterocycles. The van der Waals surface area contributed by atoms with Crippen molar-refractivity contribution in [3.05, 3.63) is 84.9 Å². The molecule has 17 heteroatoms. The zero-order valence-corrected chi connectivity index (χ0v) is 26.9. The Morgan fingerprint density at radius 1 is 0.490 bits per heavy atom. The topological polar surface area (TPSA) is 214 Å². The molecule has 2 N–H and O–H groups in total. The summed E-state index contributed by atoms with van der Waals surface area (Å²) in [7, 11) is -9.43. The summed E-state index contributed by atoms with van der Waals surface area (Å²) in [5, 5.41) is 0.324. The molecule has 4 aromatic carbocycles. The molecule has 0 saturated carbocycles. The van der Waals surface area contributed by atoms with Crippen LogP contribution in [0.2, 0.25) is 0 Å². The van der Waals surface area contributed by atoms with E-state index in [1.165, 1.54) is 24.3 Å². The normalized spacial score (nSPS) is 12.4. The second-order valence-corrected chi connectivity index (χ2v) is 13.7. The minimum atomic E-state index is -4.71. The summed E-state index contributed by atoms with van der Waals surface area (Å²) in [6, 6.07) is 22.7. The van der Waals surface area contributed by atoms with Crippen molar-refractivity contribution >= 4 is 42.3 Å². The fourth-order valence-corrected chi connectivity index (χ4v) is 7.44. The van der Waals surface area contributed by atoms with Gasteiger partial charge in [0.05, 0.1) is 5.56 Å². The third-order valence-electron chi connectivity index (χ3n) is 8.05. The van der Waals surface area contributed by atoms with Crippen LogP contribution in [0.3, 0.4) is 0 Å². The summed E-state index contributed by atoms with van der Waals surface area (Å²) in [5.74, 6) is 0.655. The summed E-state index contributed by atoms with van der Waals surface area (Å²) in [6.45, 7) is 0. The molecule has 0 atom stereocenters. The third kappa shape index (κ3) is 4.82. The van der Waals surface area contributed by atoms with E-state index in [2.05, 4.69) is 29.9 Å². The molecule has 5 heterocycles. The average Bonchev–Trinajstić information content (AvgIpc) is 3.79. The SMILES string of the molecule is O=S(=O)(O)c1cccc2c1-c1nc3nc([n-]c4[n-]c(nc5nc(nc-2n1)-c1ccccc1-5)c1c(S(=O)(=O)O)cccc41)-c1ccccc1-3.[Cu+2]. The van der Waals surface area contributed by atoms with Gasteiger partial charge in [0.2, 0.25) is 0 Å². The van der Waals surface area contributed by atoms with Crippen LogP contribution in [0.15, 0.2) is 94.7 Å². The molecule has 14 nitrogen and oxygen atoms in total. The Morgan fingerprint density at radius 2 is 0.980 bits per heavy atom. The van der Waals surface area contributed by atoms with Gasteiger partial charge in [-0.15, -0.1) is 11.5 Å². The van der Waals surface area contributed by atoms with Crippen LogP contribution in [0.5, 0.6) is 0 Å². The Balaban J connectivity index is 0.00000348. The Hall–Kier alpha value is -5.42. The maximum atomic E-state index is 12.5. The fourth-order valence-electron chi connectivity index (χ4n) is 6.02. The average molecular weight is 736 g/mol. The predicted molar refractivity (Wildman–Crippen MR) is 172 cm³/mol. The second-order valence-electron chi connectivity index (χ2n) is 10.9. The van der Waals surface area contributed by atoms with Gasteiger partial charge in [-0.3, -0.25) is 9.11 Å². The van der Waals surface area contributed by atoms with E-state index in [0.717, 1.165) is 0 Å². The summed E-state index contributed by atoms with van der Waals surface area (Å²) in [6.07, 6.45) is 0. The molecule has 8 bridgehead atoms. The number of rotatable bonds is 2. The maximum Gasteiger partial charge on any atom is 2.00 e. The number of hydrogen-bond acceptors (Lipinski definition) is 10. The molecule has 3 aliphatic rings. The van der Waals surface area contributed by atoms with Gasteiger partial charge < -0.3 is 15.0 Å². The molecule has 243 valence electrons. The number of fused-ring (bicyclic) bond motifs is 20. The summed E-state index contributed by atoms with van der Waals surface area (Å²) >= 11 is 0. The molecule has 6 aromatic rings. The van der Waals surface area contributed by atoms with E-state index >= 15 is 0 Å². The van der Waals surface area contributed by atoms with E-state index in [0.29, 0.717) is 22.3 Å². The van der Waals surface area contributed by atoms with Crippen molar-refractivity contribution in [2.45, 2.75) is 9.79 Å². The smallest absolute Gasteiger partial charge is 0.523 e. The van der Waals surface area contributed by atoms with Gasteiger partial charge in [0.25, 0.3) is 20.2 Å². The minimum absolute atomic E-state index is 0. The van der Waals surface area contributed by atoms with Gasteiger partial charge in [0.1, 0.15) is 9.79 Å². The monoisotopic (exact) mass is 735 g/mol. The fraction of sp³-hybridized carbons (Fsp3) is 0. The second kappa shape index (κ2) is 10.8. The molecule has 1 radical (unpaired) electrons. The molecule has 2 aromatic heterocycles. The molecule has 0 spiro atoms. The van der Waals surface area contributed by atoms with Crippen molar-refractivity contribution in [1.82, 2.24) is 39.9 Å². The van der Waals surface area contributed by atoms with Crippen molar-refractivity contribution in [2.24, 2.45) is 0 Å². The van der Waals surface area contributed by atoms with Crippen LogP contribution >= 0.6 is 0 Å². The predicted octanol–water partition coefficient (Wildman–Crippen LogP) is 4.52. The van der Waals surface area contributed by atoms with E-state index in [4.69, 9.17) is 9.97 Å².